The Morgan fingerprint density at radius 2 is 1.65 bits per heavy atom. The van der Waals surface area contributed by atoms with Crippen LogP contribution in [0.5, 0.6) is 0 Å². The summed E-state index contributed by atoms with van der Waals surface area (Å²) >= 11 is 0. The molecule has 2 aliphatic carbocycles. The van der Waals surface area contributed by atoms with E-state index in [0.717, 1.165) is 42.9 Å². The Hall–Kier alpha value is -2.17. The van der Waals surface area contributed by atoms with Crippen LogP contribution in [0, 0.1) is 13.8 Å². The van der Waals surface area contributed by atoms with Crippen LogP contribution in [0.1, 0.15) is 73.1 Å². The zero-order chi connectivity index (χ0) is 18.1. The summed E-state index contributed by atoms with van der Waals surface area (Å²) in [6.45, 7) is 3.99. The SMILES string of the molecule is Cc1cc(C)n(-c2ccc(C(=O)N(C3CCCC3)C3CCCC3)cn2)n1. The number of carbonyl (C=O) groups excluding carboxylic acids is 1. The standard InChI is InChI=1S/C21H28N4O/c1-15-13-16(2)25(23-15)20-12-11-17(14-22-20)21(26)24(18-7-3-4-8-18)19-9-5-6-10-19/h11-14,18-19H,3-10H2,1-2H3. The van der Waals surface area contributed by atoms with Crippen molar-refractivity contribution in [3.63, 3.8) is 0 Å². The Morgan fingerprint density at radius 3 is 2.12 bits per heavy atom. The van der Waals surface area contributed by atoms with Crippen LogP contribution in [-0.2, 0) is 0 Å². The van der Waals surface area contributed by atoms with Gasteiger partial charge in [0.15, 0.2) is 5.82 Å². The maximum Gasteiger partial charge on any atom is 0.255 e. The number of aromatic nitrogens is 3. The van der Waals surface area contributed by atoms with E-state index in [4.69, 9.17) is 0 Å². The fourth-order valence-corrected chi connectivity index (χ4v) is 4.64. The highest BCUT2D eigenvalue weighted by atomic mass is 16.2. The molecule has 4 rings (SSSR count). The van der Waals surface area contributed by atoms with Crippen molar-refractivity contribution in [2.45, 2.75) is 77.3 Å². The molecule has 138 valence electrons. The third-order valence-electron chi connectivity index (χ3n) is 5.89. The summed E-state index contributed by atoms with van der Waals surface area (Å²) in [5, 5.41) is 4.47. The summed E-state index contributed by atoms with van der Waals surface area (Å²) in [5.41, 5.74) is 2.72. The molecular formula is C21H28N4O. The highest BCUT2D eigenvalue weighted by Gasteiger charge is 2.34. The van der Waals surface area contributed by atoms with E-state index >= 15 is 0 Å². The van der Waals surface area contributed by atoms with Gasteiger partial charge in [-0.3, -0.25) is 4.79 Å². The van der Waals surface area contributed by atoms with Gasteiger partial charge in [-0.15, -0.1) is 0 Å². The lowest BCUT2D eigenvalue weighted by atomic mass is 10.1. The molecule has 2 heterocycles. The van der Waals surface area contributed by atoms with Gasteiger partial charge in [0.1, 0.15) is 0 Å². The Bertz CT molecular complexity index is 752. The predicted octanol–water partition coefficient (Wildman–Crippen LogP) is 4.21. The van der Waals surface area contributed by atoms with E-state index in [9.17, 15) is 4.79 Å². The molecule has 2 aromatic rings. The summed E-state index contributed by atoms with van der Waals surface area (Å²) in [6.07, 6.45) is 11.3. The Labute approximate surface area is 155 Å². The van der Waals surface area contributed by atoms with Gasteiger partial charge >= 0.3 is 0 Å². The van der Waals surface area contributed by atoms with E-state index < -0.39 is 0 Å². The molecule has 0 unspecified atom stereocenters. The first kappa shape index (κ1) is 17.3. The molecule has 0 spiro atoms. The van der Waals surface area contributed by atoms with Crippen molar-refractivity contribution in [1.29, 1.82) is 0 Å². The van der Waals surface area contributed by atoms with E-state index in [-0.39, 0.29) is 5.91 Å². The van der Waals surface area contributed by atoms with E-state index in [0.29, 0.717) is 17.6 Å². The number of pyridine rings is 1. The number of hydrogen-bond acceptors (Lipinski definition) is 3. The number of aryl methyl sites for hydroxylation is 2. The minimum Gasteiger partial charge on any atom is -0.333 e. The number of hydrogen-bond donors (Lipinski definition) is 0. The smallest absolute Gasteiger partial charge is 0.255 e. The second-order valence-electron chi connectivity index (χ2n) is 7.83. The molecule has 0 bridgehead atoms. The van der Waals surface area contributed by atoms with Gasteiger partial charge in [-0.2, -0.15) is 5.10 Å². The molecule has 0 atom stereocenters. The van der Waals surface area contributed by atoms with E-state index in [1.54, 1.807) is 6.20 Å². The van der Waals surface area contributed by atoms with Crippen molar-refractivity contribution in [1.82, 2.24) is 19.7 Å². The van der Waals surface area contributed by atoms with E-state index in [1.165, 1.54) is 25.7 Å². The van der Waals surface area contributed by atoms with Crippen molar-refractivity contribution in [2.24, 2.45) is 0 Å². The highest BCUT2D eigenvalue weighted by Crippen LogP contribution is 2.32. The van der Waals surface area contributed by atoms with Crippen LogP contribution in [0.4, 0.5) is 0 Å². The van der Waals surface area contributed by atoms with Gasteiger partial charge in [-0.1, -0.05) is 25.7 Å². The lowest BCUT2D eigenvalue weighted by molar-refractivity contribution is 0.0580. The van der Waals surface area contributed by atoms with E-state index in [1.807, 2.05) is 36.7 Å². The van der Waals surface area contributed by atoms with Gasteiger partial charge in [0.25, 0.3) is 5.91 Å². The van der Waals surface area contributed by atoms with Crippen molar-refractivity contribution in [2.75, 3.05) is 0 Å². The maximum absolute atomic E-state index is 13.3. The first-order valence-corrected chi connectivity index (χ1v) is 9.96. The summed E-state index contributed by atoms with van der Waals surface area (Å²) in [7, 11) is 0. The minimum absolute atomic E-state index is 0.163. The zero-order valence-corrected chi connectivity index (χ0v) is 15.8. The van der Waals surface area contributed by atoms with Crippen LogP contribution >= 0.6 is 0 Å². The Kier molecular flexibility index (Phi) is 4.79. The van der Waals surface area contributed by atoms with Gasteiger partial charge < -0.3 is 4.90 Å². The fraction of sp³-hybridized carbons (Fsp3) is 0.571. The fourth-order valence-electron chi connectivity index (χ4n) is 4.64. The summed E-state index contributed by atoms with van der Waals surface area (Å²) in [6, 6.07) is 6.69. The van der Waals surface area contributed by atoms with Gasteiger partial charge in [0.2, 0.25) is 0 Å². The molecule has 2 fully saturated rings. The molecule has 0 aromatic carbocycles. The molecule has 0 radical (unpaired) electrons. The summed E-state index contributed by atoms with van der Waals surface area (Å²) in [5.74, 6) is 0.927. The molecule has 0 N–H and O–H groups in total. The lowest BCUT2D eigenvalue weighted by Gasteiger charge is -2.34. The monoisotopic (exact) mass is 352 g/mol. The van der Waals surface area contributed by atoms with E-state index in [2.05, 4.69) is 15.0 Å². The molecule has 5 nitrogen and oxygen atoms in total. The molecule has 1 amide bonds. The summed E-state index contributed by atoms with van der Waals surface area (Å²) < 4.78 is 1.83. The molecule has 2 saturated carbocycles. The molecular weight excluding hydrogens is 324 g/mol. The topological polar surface area (TPSA) is 51.0 Å². The zero-order valence-electron chi connectivity index (χ0n) is 15.8. The lowest BCUT2D eigenvalue weighted by Crippen LogP contribution is -2.45. The van der Waals surface area contributed by atoms with Crippen molar-refractivity contribution < 1.29 is 4.79 Å². The molecule has 0 saturated heterocycles. The van der Waals surface area contributed by atoms with Crippen LogP contribution in [0.15, 0.2) is 24.4 Å². The molecule has 26 heavy (non-hydrogen) atoms. The van der Waals surface area contributed by atoms with Crippen LogP contribution < -0.4 is 0 Å². The van der Waals surface area contributed by atoms with Crippen molar-refractivity contribution in [3.05, 3.63) is 41.3 Å². The third-order valence-corrected chi connectivity index (χ3v) is 5.89. The van der Waals surface area contributed by atoms with Crippen LogP contribution in [-0.4, -0.2) is 37.7 Å². The summed E-state index contributed by atoms with van der Waals surface area (Å²) in [4.78, 5) is 20.0. The largest absolute Gasteiger partial charge is 0.333 e. The normalized spacial score (nSPS) is 18.5. The predicted molar refractivity (Wildman–Crippen MR) is 102 cm³/mol. The van der Waals surface area contributed by atoms with Gasteiger partial charge in [0.05, 0.1) is 11.3 Å². The molecule has 5 heteroatoms. The third kappa shape index (κ3) is 3.27. The highest BCUT2D eigenvalue weighted by molar-refractivity contribution is 5.94. The first-order chi connectivity index (χ1) is 12.6. The first-order valence-electron chi connectivity index (χ1n) is 9.96. The Morgan fingerprint density at radius 1 is 1.04 bits per heavy atom. The van der Waals surface area contributed by atoms with Crippen LogP contribution in [0.25, 0.3) is 5.82 Å². The number of rotatable bonds is 4. The second kappa shape index (κ2) is 7.22. The maximum atomic E-state index is 13.3. The van der Waals surface area contributed by atoms with Crippen LogP contribution in [0.3, 0.4) is 0 Å². The number of carbonyl (C=O) groups is 1. The minimum atomic E-state index is 0.163. The van der Waals surface area contributed by atoms with Gasteiger partial charge in [-0.05, 0) is 57.7 Å². The molecule has 2 aromatic heterocycles. The second-order valence-corrected chi connectivity index (χ2v) is 7.83. The van der Waals surface area contributed by atoms with Gasteiger partial charge in [-0.25, -0.2) is 9.67 Å². The average Bonchev–Trinajstić information content (AvgIpc) is 3.39. The van der Waals surface area contributed by atoms with Crippen molar-refractivity contribution in [3.8, 4) is 5.82 Å². The quantitative estimate of drug-likeness (QED) is 0.828. The molecule has 2 aliphatic rings. The number of nitrogens with zero attached hydrogens (tertiary/aromatic N) is 4. The van der Waals surface area contributed by atoms with Crippen molar-refractivity contribution >= 4 is 5.91 Å². The average molecular weight is 352 g/mol. The van der Waals surface area contributed by atoms with Crippen LogP contribution in [0.2, 0.25) is 0 Å². The number of amides is 1. The van der Waals surface area contributed by atoms with Gasteiger partial charge in [0, 0.05) is 24.0 Å². The Balaban J connectivity index is 1.58. The molecule has 0 aliphatic heterocycles.